The zero-order valence-corrected chi connectivity index (χ0v) is 17.5. The molecule has 0 amide bonds. The van der Waals surface area contributed by atoms with Crippen molar-refractivity contribution in [3.8, 4) is 5.75 Å². The normalized spacial score (nSPS) is 16.1. The van der Waals surface area contributed by atoms with E-state index in [4.69, 9.17) is 0 Å². The van der Waals surface area contributed by atoms with Crippen molar-refractivity contribution in [3.05, 3.63) is 58.1 Å². The third-order valence-corrected chi connectivity index (χ3v) is 5.76. The molecule has 1 aliphatic heterocycles. The smallest absolute Gasteiger partial charge is 0.283 e. The first-order valence-corrected chi connectivity index (χ1v) is 10.4. The molecule has 0 aromatic heterocycles. The Morgan fingerprint density at radius 1 is 1.34 bits per heavy atom. The number of phenolic OH excluding ortho intramolecular Hbond substituents is 1. The van der Waals surface area contributed by atoms with Crippen LogP contribution in [0.2, 0.25) is 0 Å². The Bertz CT molecular complexity index is 831. The van der Waals surface area contributed by atoms with Crippen LogP contribution in [-0.2, 0) is 0 Å². The highest BCUT2D eigenvalue weighted by Gasteiger charge is 2.21. The minimum atomic E-state index is -0.530. The fraction of sp³-hybridized carbons (Fsp3) is 0.381. The summed E-state index contributed by atoms with van der Waals surface area (Å²) in [4.78, 5) is 24.7. The van der Waals surface area contributed by atoms with E-state index in [0.717, 1.165) is 24.3 Å². The van der Waals surface area contributed by atoms with Gasteiger partial charge in [-0.25, -0.2) is 0 Å². The first-order valence-electron chi connectivity index (χ1n) is 9.57. The van der Waals surface area contributed by atoms with Crippen molar-refractivity contribution in [2.45, 2.75) is 35.6 Å². The molecule has 1 saturated heterocycles. The molecular formula is C21H27N3O4S. The lowest BCUT2D eigenvalue weighted by atomic mass is 10.2. The Morgan fingerprint density at radius 2 is 2.14 bits per heavy atom. The van der Waals surface area contributed by atoms with Gasteiger partial charge in [0.05, 0.1) is 9.82 Å². The van der Waals surface area contributed by atoms with Gasteiger partial charge in [-0.2, -0.15) is 0 Å². The van der Waals surface area contributed by atoms with E-state index in [9.17, 15) is 20.0 Å². The maximum Gasteiger partial charge on any atom is 0.283 e. The lowest BCUT2D eigenvalue weighted by Gasteiger charge is -2.21. The second kappa shape index (κ2) is 11.5. The molecule has 1 unspecified atom stereocenters. The van der Waals surface area contributed by atoms with Gasteiger partial charge in [0.25, 0.3) is 5.69 Å². The number of nitro benzene ring substituents is 1. The molecular weight excluding hydrogens is 390 g/mol. The van der Waals surface area contributed by atoms with Crippen molar-refractivity contribution in [1.29, 1.82) is 0 Å². The maximum atomic E-state index is 11.0. The minimum Gasteiger partial charge on any atom is -0.508 e. The highest BCUT2D eigenvalue weighted by Crippen LogP contribution is 2.36. The van der Waals surface area contributed by atoms with Crippen molar-refractivity contribution in [2.24, 2.45) is 0 Å². The predicted molar refractivity (Wildman–Crippen MR) is 115 cm³/mol. The number of phenols is 1. The second-order valence-electron chi connectivity index (χ2n) is 6.68. The summed E-state index contributed by atoms with van der Waals surface area (Å²) in [5.74, 6) is 0.0946. The topological polar surface area (TPSA) is 95.7 Å². The SMILES string of the molecule is CCN1CCCC1CNC.O=Cc1ccc(Sc2cccc(O)c2)c([N+](=O)[O-])c1. The summed E-state index contributed by atoms with van der Waals surface area (Å²) in [6, 6.07) is 11.5. The summed E-state index contributed by atoms with van der Waals surface area (Å²) in [6.07, 6.45) is 3.34. The zero-order chi connectivity index (χ0) is 21.2. The Kier molecular flexibility index (Phi) is 9.11. The molecule has 0 bridgehead atoms. The monoisotopic (exact) mass is 417 g/mol. The number of carbonyl (C=O) groups is 1. The molecule has 156 valence electrons. The van der Waals surface area contributed by atoms with Crippen molar-refractivity contribution < 1.29 is 14.8 Å². The number of likely N-dealkylation sites (N-methyl/N-ethyl adjacent to an activating group) is 2. The van der Waals surface area contributed by atoms with Crippen molar-refractivity contribution in [2.75, 3.05) is 26.7 Å². The van der Waals surface area contributed by atoms with E-state index in [0.29, 0.717) is 16.1 Å². The molecule has 0 radical (unpaired) electrons. The Morgan fingerprint density at radius 3 is 2.76 bits per heavy atom. The molecule has 2 aromatic rings. The van der Waals surface area contributed by atoms with Gasteiger partial charge >= 0.3 is 0 Å². The van der Waals surface area contributed by atoms with E-state index in [-0.39, 0.29) is 17.0 Å². The first-order chi connectivity index (χ1) is 14.0. The number of benzene rings is 2. The zero-order valence-electron chi connectivity index (χ0n) is 16.7. The highest BCUT2D eigenvalue weighted by molar-refractivity contribution is 7.99. The molecule has 2 aromatic carbocycles. The van der Waals surface area contributed by atoms with Crippen LogP contribution in [0.25, 0.3) is 0 Å². The molecule has 1 fully saturated rings. The van der Waals surface area contributed by atoms with Crippen LogP contribution in [0, 0.1) is 10.1 Å². The van der Waals surface area contributed by atoms with E-state index >= 15 is 0 Å². The number of carbonyl (C=O) groups excluding carboxylic acids is 1. The molecule has 0 aliphatic carbocycles. The quantitative estimate of drug-likeness (QED) is 0.400. The van der Waals surface area contributed by atoms with Crippen molar-refractivity contribution in [3.63, 3.8) is 0 Å². The summed E-state index contributed by atoms with van der Waals surface area (Å²) in [7, 11) is 2.03. The maximum absolute atomic E-state index is 11.0. The van der Waals surface area contributed by atoms with Gasteiger partial charge in [-0.05, 0) is 57.2 Å². The Balaban J connectivity index is 0.000000253. The van der Waals surface area contributed by atoms with Gasteiger partial charge in [-0.15, -0.1) is 0 Å². The molecule has 1 aliphatic rings. The van der Waals surface area contributed by atoms with Crippen LogP contribution < -0.4 is 5.32 Å². The number of rotatable bonds is 7. The molecule has 3 rings (SSSR count). The van der Waals surface area contributed by atoms with Gasteiger partial charge < -0.3 is 10.4 Å². The number of likely N-dealkylation sites (tertiary alicyclic amines) is 1. The number of aromatic hydroxyl groups is 1. The Labute approximate surface area is 175 Å². The molecule has 1 heterocycles. The Hall–Kier alpha value is -2.42. The molecule has 7 nitrogen and oxygen atoms in total. The summed E-state index contributed by atoms with van der Waals surface area (Å²) in [6.45, 7) is 5.93. The van der Waals surface area contributed by atoms with Crippen LogP contribution in [0.4, 0.5) is 5.69 Å². The van der Waals surface area contributed by atoms with Crippen LogP contribution in [0.1, 0.15) is 30.1 Å². The van der Waals surface area contributed by atoms with E-state index < -0.39 is 4.92 Å². The van der Waals surface area contributed by atoms with Crippen LogP contribution >= 0.6 is 11.8 Å². The number of nitro groups is 1. The summed E-state index contributed by atoms with van der Waals surface area (Å²) < 4.78 is 0. The summed E-state index contributed by atoms with van der Waals surface area (Å²) >= 11 is 1.16. The first kappa shape index (κ1) is 22.9. The number of nitrogens with one attached hydrogen (secondary N) is 1. The highest BCUT2D eigenvalue weighted by atomic mass is 32.2. The second-order valence-corrected chi connectivity index (χ2v) is 7.80. The predicted octanol–water partition coefficient (Wildman–Crippen LogP) is 3.95. The van der Waals surface area contributed by atoms with Gasteiger partial charge in [0.15, 0.2) is 0 Å². The number of nitrogens with zero attached hydrogens (tertiary/aromatic N) is 2. The number of hydrogen-bond donors (Lipinski definition) is 2. The molecule has 0 spiro atoms. The fourth-order valence-electron chi connectivity index (χ4n) is 3.29. The number of aldehydes is 1. The van der Waals surface area contributed by atoms with Crippen LogP contribution in [0.15, 0.2) is 52.3 Å². The van der Waals surface area contributed by atoms with Gasteiger partial charge in [-0.3, -0.25) is 19.8 Å². The standard InChI is InChI=1S/C13H9NO4S.C8H18N2/c15-8-9-4-5-13(12(6-9)14(17)18)19-11-3-1-2-10(16)7-11;1-3-10-6-4-5-8(10)7-9-2/h1-8,16H;8-9H,3-7H2,1-2H3. The number of hydrogen-bond acceptors (Lipinski definition) is 7. The average molecular weight is 418 g/mol. The summed E-state index contributed by atoms with van der Waals surface area (Å²) in [5, 5.41) is 23.6. The van der Waals surface area contributed by atoms with Crippen LogP contribution in [-0.4, -0.2) is 53.9 Å². The third-order valence-electron chi connectivity index (χ3n) is 4.71. The van der Waals surface area contributed by atoms with Crippen molar-refractivity contribution >= 4 is 23.7 Å². The van der Waals surface area contributed by atoms with Gasteiger partial charge in [0.2, 0.25) is 0 Å². The van der Waals surface area contributed by atoms with Crippen molar-refractivity contribution in [1.82, 2.24) is 10.2 Å². The summed E-state index contributed by atoms with van der Waals surface area (Å²) in [5.41, 5.74) is 0.130. The van der Waals surface area contributed by atoms with E-state index in [1.54, 1.807) is 12.1 Å². The third kappa shape index (κ3) is 6.85. The fourth-order valence-corrected chi connectivity index (χ4v) is 4.24. The van der Waals surface area contributed by atoms with Crippen LogP contribution in [0.5, 0.6) is 5.75 Å². The van der Waals surface area contributed by atoms with Crippen LogP contribution in [0.3, 0.4) is 0 Å². The van der Waals surface area contributed by atoms with E-state index in [1.165, 1.54) is 56.3 Å². The lowest BCUT2D eigenvalue weighted by Crippen LogP contribution is -2.36. The van der Waals surface area contributed by atoms with E-state index in [2.05, 4.69) is 17.1 Å². The largest absolute Gasteiger partial charge is 0.508 e. The van der Waals surface area contributed by atoms with Gasteiger partial charge in [-0.1, -0.05) is 30.8 Å². The molecule has 1 atom stereocenters. The van der Waals surface area contributed by atoms with E-state index in [1.807, 2.05) is 7.05 Å². The molecule has 0 saturated carbocycles. The minimum absolute atomic E-state index is 0.0946. The molecule has 8 heteroatoms. The molecule has 2 N–H and O–H groups in total. The molecule has 29 heavy (non-hydrogen) atoms. The van der Waals surface area contributed by atoms with Gasteiger partial charge in [0, 0.05) is 29.1 Å². The lowest BCUT2D eigenvalue weighted by molar-refractivity contribution is -0.387. The van der Waals surface area contributed by atoms with Gasteiger partial charge in [0.1, 0.15) is 12.0 Å². The average Bonchev–Trinajstić information content (AvgIpc) is 3.16.